The molecule has 0 saturated heterocycles. The summed E-state index contributed by atoms with van der Waals surface area (Å²) >= 11 is 0. The van der Waals surface area contributed by atoms with Gasteiger partial charge in [0.2, 0.25) is 5.91 Å². The summed E-state index contributed by atoms with van der Waals surface area (Å²) in [6, 6.07) is 2.38. The quantitative estimate of drug-likeness (QED) is 0.866. The summed E-state index contributed by atoms with van der Waals surface area (Å²) in [4.78, 5) is 12.3. The van der Waals surface area contributed by atoms with Gasteiger partial charge in [0.05, 0.1) is 18.1 Å². The molecule has 4 nitrogen and oxygen atoms in total. The normalized spacial score (nSPS) is 35.9. The van der Waals surface area contributed by atoms with Crippen molar-refractivity contribution in [1.82, 2.24) is 5.32 Å². The van der Waals surface area contributed by atoms with Gasteiger partial charge in [0, 0.05) is 6.61 Å². The summed E-state index contributed by atoms with van der Waals surface area (Å²) in [7, 11) is 0. The lowest BCUT2D eigenvalue weighted by atomic mass is 9.67. The van der Waals surface area contributed by atoms with E-state index in [0.29, 0.717) is 12.5 Å². The highest BCUT2D eigenvalue weighted by Gasteiger charge is 2.47. The van der Waals surface area contributed by atoms with Crippen LogP contribution in [0.5, 0.6) is 0 Å². The second-order valence-corrected chi connectivity index (χ2v) is 7.66. The van der Waals surface area contributed by atoms with Gasteiger partial charge in [-0.25, -0.2) is 0 Å². The van der Waals surface area contributed by atoms with E-state index in [0.717, 1.165) is 32.1 Å². The maximum atomic E-state index is 12.3. The Morgan fingerprint density at radius 1 is 1.38 bits per heavy atom. The Morgan fingerprint density at radius 3 is 2.48 bits per heavy atom. The van der Waals surface area contributed by atoms with Gasteiger partial charge in [-0.3, -0.25) is 4.79 Å². The van der Waals surface area contributed by atoms with E-state index in [9.17, 15) is 10.1 Å². The molecule has 4 heteroatoms. The SMILES string of the molecule is CCO[C@@H]1C[C@@H]1C(=O)NC1(C#N)CCC(C(C)(C)C)CC1. The first-order chi connectivity index (χ1) is 9.81. The Hall–Kier alpha value is -1.08. The number of nitrogens with one attached hydrogen (secondary N) is 1. The van der Waals surface area contributed by atoms with Gasteiger partial charge in [0.15, 0.2) is 0 Å². The van der Waals surface area contributed by atoms with E-state index in [1.807, 2.05) is 6.92 Å². The number of amides is 1. The molecule has 0 aromatic carbocycles. The fourth-order valence-electron chi connectivity index (χ4n) is 3.42. The maximum absolute atomic E-state index is 12.3. The third-order valence-electron chi connectivity index (χ3n) is 5.09. The number of hydrogen-bond donors (Lipinski definition) is 1. The van der Waals surface area contributed by atoms with Gasteiger partial charge in [-0.1, -0.05) is 20.8 Å². The standard InChI is InChI=1S/C17H28N2O2/c1-5-21-14-10-13(14)15(20)19-17(11-18)8-6-12(7-9-17)16(2,3)4/h12-14H,5-10H2,1-4H3,(H,19,20)/t12?,13-,14+,17?/m0/s1. The van der Waals surface area contributed by atoms with Crippen molar-refractivity contribution in [3.63, 3.8) is 0 Å². The number of nitriles is 1. The number of ether oxygens (including phenoxy) is 1. The number of nitrogens with zero attached hydrogens (tertiary/aromatic N) is 1. The van der Waals surface area contributed by atoms with Crippen LogP contribution < -0.4 is 5.32 Å². The van der Waals surface area contributed by atoms with Crippen LogP contribution in [0.2, 0.25) is 0 Å². The second kappa shape index (κ2) is 5.96. The fraction of sp³-hybridized carbons (Fsp3) is 0.882. The predicted molar refractivity (Wildman–Crippen MR) is 81.4 cm³/mol. The summed E-state index contributed by atoms with van der Waals surface area (Å²) in [5.74, 6) is 0.590. The molecule has 0 heterocycles. The zero-order valence-corrected chi connectivity index (χ0v) is 13.7. The largest absolute Gasteiger partial charge is 0.378 e. The molecule has 118 valence electrons. The molecule has 0 bridgehead atoms. The molecule has 1 N–H and O–H groups in total. The van der Waals surface area contributed by atoms with Crippen LogP contribution in [0.1, 0.15) is 59.8 Å². The summed E-state index contributed by atoms with van der Waals surface area (Å²) in [5.41, 5.74) is -0.375. The fourth-order valence-corrected chi connectivity index (χ4v) is 3.42. The minimum absolute atomic E-state index is 0.00390. The van der Waals surface area contributed by atoms with Crippen LogP contribution >= 0.6 is 0 Å². The van der Waals surface area contributed by atoms with Crippen molar-refractivity contribution >= 4 is 5.91 Å². The molecule has 0 spiro atoms. The van der Waals surface area contributed by atoms with Crippen molar-refractivity contribution < 1.29 is 9.53 Å². The Kier molecular flexibility index (Phi) is 4.63. The average Bonchev–Trinajstić information content (AvgIpc) is 3.18. The van der Waals surface area contributed by atoms with Crippen molar-refractivity contribution in [3.8, 4) is 6.07 Å². The van der Waals surface area contributed by atoms with Gasteiger partial charge >= 0.3 is 0 Å². The molecule has 0 aliphatic heterocycles. The first-order valence-electron chi connectivity index (χ1n) is 8.16. The summed E-state index contributed by atoms with van der Waals surface area (Å²) < 4.78 is 5.46. The summed E-state index contributed by atoms with van der Waals surface area (Å²) in [6.45, 7) is 9.36. The maximum Gasteiger partial charge on any atom is 0.227 e. The van der Waals surface area contributed by atoms with E-state index in [-0.39, 0.29) is 23.3 Å². The number of hydrogen-bond acceptors (Lipinski definition) is 3. The average molecular weight is 292 g/mol. The van der Waals surface area contributed by atoms with Crippen molar-refractivity contribution in [2.24, 2.45) is 17.3 Å². The highest BCUT2D eigenvalue weighted by Crippen LogP contribution is 2.42. The second-order valence-electron chi connectivity index (χ2n) is 7.66. The third kappa shape index (κ3) is 3.77. The molecule has 1 amide bonds. The van der Waals surface area contributed by atoms with Crippen molar-refractivity contribution in [1.29, 1.82) is 5.26 Å². The van der Waals surface area contributed by atoms with E-state index in [4.69, 9.17) is 4.74 Å². The number of rotatable bonds is 4. The molecule has 2 rings (SSSR count). The Bertz CT molecular complexity index is 425. The summed E-state index contributed by atoms with van der Waals surface area (Å²) in [6.07, 6.45) is 4.42. The van der Waals surface area contributed by atoms with Gasteiger partial charge in [-0.05, 0) is 50.4 Å². The van der Waals surface area contributed by atoms with Gasteiger partial charge in [0.1, 0.15) is 5.54 Å². The van der Waals surface area contributed by atoms with Crippen LogP contribution in [0.3, 0.4) is 0 Å². The molecule has 2 saturated carbocycles. The van der Waals surface area contributed by atoms with Gasteiger partial charge < -0.3 is 10.1 Å². The van der Waals surface area contributed by atoms with Gasteiger partial charge in [-0.15, -0.1) is 0 Å². The van der Waals surface area contributed by atoms with Crippen molar-refractivity contribution in [3.05, 3.63) is 0 Å². The van der Waals surface area contributed by atoms with Gasteiger partial charge in [0.25, 0.3) is 0 Å². The molecular formula is C17H28N2O2. The zero-order valence-electron chi connectivity index (χ0n) is 13.7. The van der Waals surface area contributed by atoms with Crippen LogP contribution in [0.4, 0.5) is 0 Å². The number of carbonyl (C=O) groups is 1. The molecule has 21 heavy (non-hydrogen) atoms. The van der Waals surface area contributed by atoms with E-state index in [2.05, 4.69) is 32.2 Å². The first-order valence-corrected chi connectivity index (χ1v) is 8.16. The van der Waals surface area contributed by atoms with Crippen molar-refractivity contribution in [2.45, 2.75) is 71.4 Å². The molecule has 0 aromatic rings. The molecule has 2 aliphatic rings. The highest BCUT2D eigenvalue weighted by atomic mass is 16.5. The van der Waals surface area contributed by atoms with Gasteiger partial charge in [-0.2, -0.15) is 5.26 Å². The molecular weight excluding hydrogens is 264 g/mol. The third-order valence-corrected chi connectivity index (χ3v) is 5.09. The minimum Gasteiger partial charge on any atom is -0.378 e. The Morgan fingerprint density at radius 2 is 2.00 bits per heavy atom. The first kappa shape index (κ1) is 16.3. The molecule has 0 radical (unpaired) electrons. The van der Waals surface area contributed by atoms with Crippen LogP contribution in [0, 0.1) is 28.6 Å². The lowest BCUT2D eigenvalue weighted by molar-refractivity contribution is -0.125. The molecule has 0 unspecified atom stereocenters. The zero-order chi connectivity index (χ0) is 15.7. The van der Waals surface area contributed by atoms with Crippen LogP contribution in [0.15, 0.2) is 0 Å². The van der Waals surface area contributed by atoms with Crippen LogP contribution in [-0.4, -0.2) is 24.2 Å². The van der Waals surface area contributed by atoms with E-state index in [1.54, 1.807) is 0 Å². The van der Waals surface area contributed by atoms with E-state index >= 15 is 0 Å². The smallest absolute Gasteiger partial charge is 0.227 e. The van der Waals surface area contributed by atoms with Crippen molar-refractivity contribution in [2.75, 3.05) is 6.61 Å². The molecule has 2 fully saturated rings. The van der Waals surface area contributed by atoms with Crippen LogP contribution in [-0.2, 0) is 9.53 Å². The predicted octanol–water partition coefficient (Wildman–Crippen LogP) is 3.03. The summed E-state index contributed by atoms with van der Waals surface area (Å²) in [5, 5.41) is 12.6. The van der Waals surface area contributed by atoms with E-state index in [1.165, 1.54) is 0 Å². The highest BCUT2D eigenvalue weighted by molar-refractivity contribution is 5.83. The lowest BCUT2D eigenvalue weighted by Crippen LogP contribution is -2.51. The minimum atomic E-state index is -0.655. The van der Waals surface area contributed by atoms with E-state index < -0.39 is 5.54 Å². The molecule has 0 aromatic heterocycles. The Labute approximate surface area is 128 Å². The molecule has 2 atom stereocenters. The number of carbonyl (C=O) groups excluding carboxylic acids is 1. The lowest BCUT2D eigenvalue weighted by Gasteiger charge is -2.41. The van der Waals surface area contributed by atoms with Crippen LogP contribution in [0.25, 0.3) is 0 Å². The topological polar surface area (TPSA) is 62.1 Å². The Balaban J connectivity index is 1.90. The monoisotopic (exact) mass is 292 g/mol. The molecule has 2 aliphatic carbocycles.